The first-order valence-electron chi connectivity index (χ1n) is 8.27. The van der Waals surface area contributed by atoms with Crippen LogP contribution in [-0.2, 0) is 10.9 Å². The van der Waals surface area contributed by atoms with E-state index >= 15 is 0 Å². The van der Waals surface area contributed by atoms with Crippen molar-refractivity contribution in [1.29, 1.82) is 0 Å². The number of carbonyl (C=O) groups is 1. The van der Waals surface area contributed by atoms with Crippen molar-refractivity contribution in [3.63, 3.8) is 0 Å². The third kappa shape index (κ3) is 5.35. The molecule has 2 aromatic carbocycles. The third-order valence-electron chi connectivity index (χ3n) is 3.83. The number of nitrogens with zero attached hydrogens (tertiary/aromatic N) is 1. The molecule has 2 aromatic rings. The second-order valence-electron chi connectivity index (χ2n) is 5.82. The summed E-state index contributed by atoms with van der Waals surface area (Å²) in [5, 5.41) is 16.6. The molecule has 0 aliphatic carbocycles. The molecule has 0 aliphatic rings. The molecule has 0 saturated carbocycles. The number of rotatable bonds is 6. The maximum atomic E-state index is 12.6. The molecular weight excluding hydrogens is 379 g/mol. The first kappa shape index (κ1) is 21.0. The van der Waals surface area contributed by atoms with Crippen LogP contribution in [0.4, 0.5) is 35.0 Å². The number of nitro benzene ring substituents is 1. The summed E-state index contributed by atoms with van der Waals surface area (Å²) in [4.78, 5) is 22.2. The van der Waals surface area contributed by atoms with Crippen molar-refractivity contribution in [2.75, 3.05) is 17.2 Å². The van der Waals surface area contributed by atoms with Gasteiger partial charge in [-0.3, -0.25) is 15.4 Å². The Morgan fingerprint density at radius 1 is 1.21 bits per heavy atom. The highest BCUT2D eigenvalue weighted by molar-refractivity contribution is 5.88. The Morgan fingerprint density at radius 2 is 1.86 bits per heavy atom. The molecule has 0 aromatic heterocycles. The van der Waals surface area contributed by atoms with Crippen molar-refractivity contribution in [3.05, 3.63) is 63.7 Å². The summed E-state index contributed by atoms with van der Waals surface area (Å²) < 4.78 is 42.6. The SMILES string of the molecule is CCOC(=O)Nc1ccc(C(C)Nc2ccc(C(F)(F)F)cc2)cc1[N+](=O)[O-]. The topological polar surface area (TPSA) is 93.5 Å². The minimum absolute atomic E-state index is 0.0195. The van der Waals surface area contributed by atoms with Crippen molar-refractivity contribution in [2.45, 2.75) is 26.1 Å². The van der Waals surface area contributed by atoms with E-state index in [0.717, 1.165) is 12.1 Å². The number of hydrogen-bond donors (Lipinski definition) is 2. The zero-order chi connectivity index (χ0) is 20.9. The molecule has 0 fully saturated rings. The van der Waals surface area contributed by atoms with Gasteiger partial charge in [0.25, 0.3) is 5.69 Å². The predicted molar refractivity (Wildman–Crippen MR) is 97.2 cm³/mol. The van der Waals surface area contributed by atoms with Crippen LogP contribution in [0.2, 0.25) is 0 Å². The molecule has 28 heavy (non-hydrogen) atoms. The van der Waals surface area contributed by atoms with E-state index in [4.69, 9.17) is 4.74 Å². The van der Waals surface area contributed by atoms with Gasteiger partial charge in [-0.2, -0.15) is 13.2 Å². The molecule has 150 valence electrons. The number of halogens is 3. The van der Waals surface area contributed by atoms with E-state index in [9.17, 15) is 28.1 Å². The van der Waals surface area contributed by atoms with E-state index in [1.54, 1.807) is 19.9 Å². The zero-order valence-corrected chi connectivity index (χ0v) is 15.0. The first-order chi connectivity index (χ1) is 13.1. The molecule has 10 heteroatoms. The predicted octanol–water partition coefficient (Wildman–Crippen LogP) is 5.36. The van der Waals surface area contributed by atoms with Crippen LogP contribution >= 0.6 is 0 Å². The van der Waals surface area contributed by atoms with E-state index in [1.807, 2.05) is 0 Å². The summed E-state index contributed by atoms with van der Waals surface area (Å²) in [5.41, 5.74) is -0.172. The van der Waals surface area contributed by atoms with E-state index in [1.165, 1.54) is 24.3 Å². The van der Waals surface area contributed by atoms with Crippen LogP contribution in [0.5, 0.6) is 0 Å². The second-order valence-corrected chi connectivity index (χ2v) is 5.82. The van der Waals surface area contributed by atoms with Gasteiger partial charge in [-0.1, -0.05) is 6.07 Å². The van der Waals surface area contributed by atoms with Crippen LogP contribution in [-0.4, -0.2) is 17.6 Å². The molecule has 2 N–H and O–H groups in total. The van der Waals surface area contributed by atoms with Crippen LogP contribution in [0.25, 0.3) is 0 Å². The molecule has 0 bridgehead atoms. The summed E-state index contributed by atoms with van der Waals surface area (Å²) in [7, 11) is 0. The minimum atomic E-state index is -4.42. The lowest BCUT2D eigenvalue weighted by molar-refractivity contribution is -0.384. The van der Waals surface area contributed by atoms with Gasteiger partial charge < -0.3 is 10.1 Å². The van der Waals surface area contributed by atoms with Crippen molar-refractivity contribution in [1.82, 2.24) is 0 Å². The molecule has 2 rings (SSSR count). The fourth-order valence-electron chi connectivity index (χ4n) is 2.44. The maximum absolute atomic E-state index is 12.6. The largest absolute Gasteiger partial charge is 0.450 e. The number of nitrogens with one attached hydrogen (secondary N) is 2. The van der Waals surface area contributed by atoms with Gasteiger partial charge in [0, 0.05) is 17.8 Å². The smallest absolute Gasteiger partial charge is 0.416 e. The summed E-state index contributed by atoms with van der Waals surface area (Å²) >= 11 is 0. The summed E-state index contributed by atoms with van der Waals surface area (Å²) in [6, 6.07) is 8.24. The minimum Gasteiger partial charge on any atom is -0.450 e. The standard InChI is InChI=1S/C18H18F3N3O4/c1-3-28-17(25)23-15-9-4-12(10-16(15)24(26)27)11(2)22-14-7-5-13(6-8-14)18(19,20)21/h4-11,22H,3H2,1-2H3,(H,23,25). The Balaban J connectivity index is 2.18. The van der Waals surface area contributed by atoms with Gasteiger partial charge in [0.1, 0.15) is 5.69 Å². The molecule has 7 nitrogen and oxygen atoms in total. The van der Waals surface area contributed by atoms with Crippen LogP contribution in [0.3, 0.4) is 0 Å². The fraction of sp³-hybridized carbons (Fsp3) is 0.278. The molecule has 0 spiro atoms. The van der Waals surface area contributed by atoms with Gasteiger partial charge in [-0.25, -0.2) is 4.79 Å². The van der Waals surface area contributed by atoms with Crippen LogP contribution in [0, 0.1) is 10.1 Å². The van der Waals surface area contributed by atoms with Gasteiger partial charge in [0.2, 0.25) is 0 Å². The average Bonchev–Trinajstić information content (AvgIpc) is 2.61. The maximum Gasteiger partial charge on any atom is 0.416 e. The van der Waals surface area contributed by atoms with Crippen LogP contribution in [0.15, 0.2) is 42.5 Å². The van der Waals surface area contributed by atoms with Crippen molar-refractivity contribution in [3.8, 4) is 0 Å². The summed E-state index contributed by atoms with van der Waals surface area (Å²) in [6.45, 7) is 3.42. The Kier molecular flexibility index (Phi) is 6.45. The Bertz CT molecular complexity index is 854. The molecule has 1 atom stereocenters. The highest BCUT2D eigenvalue weighted by Crippen LogP contribution is 2.32. The average molecular weight is 397 g/mol. The van der Waals surface area contributed by atoms with E-state index in [0.29, 0.717) is 11.3 Å². The zero-order valence-electron chi connectivity index (χ0n) is 15.0. The Hall–Kier alpha value is -3.30. The second kappa shape index (κ2) is 8.59. The Morgan fingerprint density at radius 3 is 2.39 bits per heavy atom. The lowest BCUT2D eigenvalue weighted by Gasteiger charge is -2.17. The van der Waals surface area contributed by atoms with Gasteiger partial charge in [-0.15, -0.1) is 0 Å². The van der Waals surface area contributed by atoms with E-state index in [2.05, 4.69) is 10.6 Å². The van der Waals surface area contributed by atoms with Crippen molar-refractivity contribution < 1.29 is 27.6 Å². The van der Waals surface area contributed by atoms with Gasteiger partial charge in [-0.05, 0) is 49.7 Å². The highest BCUT2D eigenvalue weighted by Gasteiger charge is 2.30. The van der Waals surface area contributed by atoms with Gasteiger partial charge in [0.15, 0.2) is 0 Å². The lowest BCUT2D eigenvalue weighted by atomic mass is 10.1. The number of carbonyl (C=O) groups excluding carboxylic acids is 1. The number of alkyl halides is 3. The molecule has 0 radical (unpaired) electrons. The van der Waals surface area contributed by atoms with Gasteiger partial charge >= 0.3 is 12.3 Å². The third-order valence-corrected chi connectivity index (χ3v) is 3.83. The highest BCUT2D eigenvalue weighted by atomic mass is 19.4. The number of hydrogen-bond acceptors (Lipinski definition) is 5. The number of benzene rings is 2. The van der Waals surface area contributed by atoms with Crippen LogP contribution < -0.4 is 10.6 Å². The molecule has 0 saturated heterocycles. The quantitative estimate of drug-likeness (QED) is 0.506. The van der Waals surface area contributed by atoms with Crippen molar-refractivity contribution in [2.24, 2.45) is 0 Å². The fourth-order valence-corrected chi connectivity index (χ4v) is 2.44. The van der Waals surface area contributed by atoms with E-state index in [-0.39, 0.29) is 18.0 Å². The van der Waals surface area contributed by atoms with Crippen molar-refractivity contribution >= 4 is 23.2 Å². The number of nitro groups is 1. The van der Waals surface area contributed by atoms with E-state index < -0.39 is 28.8 Å². The lowest BCUT2D eigenvalue weighted by Crippen LogP contribution is -2.15. The Labute approximate surface area is 158 Å². The molecule has 0 heterocycles. The number of ether oxygens (including phenoxy) is 1. The first-order valence-corrected chi connectivity index (χ1v) is 8.27. The summed E-state index contributed by atoms with van der Waals surface area (Å²) in [5.74, 6) is 0. The van der Waals surface area contributed by atoms with Gasteiger partial charge in [0.05, 0.1) is 17.1 Å². The molecule has 1 amide bonds. The van der Waals surface area contributed by atoms with Crippen LogP contribution in [0.1, 0.15) is 31.0 Å². The number of anilines is 2. The molecule has 0 aliphatic heterocycles. The molecule has 1 unspecified atom stereocenters. The summed E-state index contributed by atoms with van der Waals surface area (Å²) in [6.07, 6.45) is -5.23. The number of amides is 1. The normalized spacial score (nSPS) is 12.2. The monoisotopic (exact) mass is 397 g/mol. The molecular formula is C18H18F3N3O4.